The van der Waals surface area contributed by atoms with E-state index in [0.717, 1.165) is 6.54 Å². The van der Waals surface area contributed by atoms with Crippen molar-refractivity contribution in [2.75, 3.05) is 27.2 Å². The van der Waals surface area contributed by atoms with E-state index in [2.05, 4.69) is 32.8 Å². The standard InChI is InChI=1S/C41H85NO/c1-5-7-9-11-13-15-17-19-21-23-25-27-29-31-33-35-37-41(40-43,39-42(3)4)38-36-34-32-30-28-26-24-22-20-18-16-14-12-10-8-6-2/h43H,5-40H2,1-4H3. The lowest BCUT2D eigenvalue weighted by atomic mass is 9.78. The Kier molecular flexibility index (Phi) is 34.7. The highest BCUT2D eigenvalue weighted by molar-refractivity contribution is 4.81. The molecule has 0 atom stereocenters. The van der Waals surface area contributed by atoms with Gasteiger partial charge in [-0.3, -0.25) is 0 Å². The number of hydrogen-bond donors (Lipinski definition) is 1. The first-order valence-electron chi connectivity index (χ1n) is 20.4. The van der Waals surface area contributed by atoms with Crippen molar-refractivity contribution >= 4 is 0 Å². The van der Waals surface area contributed by atoms with Gasteiger partial charge in [0, 0.05) is 18.6 Å². The number of aliphatic hydroxyl groups excluding tert-OH is 1. The highest BCUT2D eigenvalue weighted by Gasteiger charge is 2.29. The Morgan fingerprint density at radius 2 is 0.558 bits per heavy atom. The second-order valence-corrected chi connectivity index (χ2v) is 15.0. The lowest BCUT2D eigenvalue weighted by Gasteiger charge is -2.35. The Morgan fingerprint density at radius 3 is 0.744 bits per heavy atom. The van der Waals surface area contributed by atoms with Crippen LogP contribution in [0, 0.1) is 5.41 Å². The van der Waals surface area contributed by atoms with Crippen LogP contribution in [-0.4, -0.2) is 37.3 Å². The zero-order chi connectivity index (χ0) is 31.5. The Hall–Kier alpha value is -0.0800. The van der Waals surface area contributed by atoms with Gasteiger partial charge in [-0.15, -0.1) is 0 Å². The fourth-order valence-electron chi connectivity index (χ4n) is 7.26. The molecule has 260 valence electrons. The lowest BCUT2D eigenvalue weighted by Crippen LogP contribution is -2.37. The molecule has 0 aliphatic heterocycles. The molecule has 0 bridgehead atoms. The van der Waals surface area contributed by atoms with Crippen LogP contribution in [0.4, 0.5) is 0 Å². The minimum absolute atomic E-state index is 0.121. The molecule has 1 N–H and O–H groups in total. The number of nitrogens with zero attached hydrogens (tertiary/aromatic N) is 1. The third-order valence-electron chi connectivity index (χ3n) is 10.1. The van der Waals surface area contributed by atoms with Gasteiger partial charge >= 0.3 is 0 Å². The Morgan fingerprint density at radius 1 is 0.349 bits per heavy atom. The predicted octanol–water partition coefficient (Wildman–Crippen LogP) is 13.8. The van der Waals surface area contributed by atoms with E-state index < -0.39 is 0 Å². The molecule has 0 aromatic carbocycles. The van der Waals surface area contributed by atoms with E-state index in [9.17, 15) is 5.11 Å². The van der Waals surface area contributed by atoms with Crippen LogP contribution < -0.4 is 0 Å². The van der Waals surface area contributed by atoms with Gasteiger partial charge in [-0.2, -0.15) is 0 Å². The van der Waals surface area contributed by atoms with Gasteiger partial charge in [0.25, 0.3) is 0 Å². The summed E-state index contributed by atoms with van der Waals surface area (Å²) in [7, 11) is 4.37. The van der Waals surface area contributed by atoms with Crippen molar-refractivity contribution in [2.45, 2.75) is 232 Å². The molecule has 2 heteroatoms. The van der Waals surface area contributed by atoms with Crippen molar-refractivity contribution < 1.29 is 5.11 Å². The molecule has 0 unspecified atom stereocenters. The van der Waals surface area contributed by atoms with Crippen LogP contribution >= 0.6 is 0 Å². The predicted molar refractivity (Wildman–Crippen MR) is 196 cm³/mol. The largest absolute Gasteiger partial charge is 0.396 e. The third kappa shape index (κ3) is 31.7. The van der Waals surface area contributed by atoms with E-state index in [4.69, 9.17) is 0 Å². The monoisotopic (exact) mass is 608 g/mol. The van der Waals surface area contributed by atoms with Crippen LogP contribution in [0.2, 0.25) is 0 Å². The van der Waals surface area contributed by atoms with Crippen LogP contribution in [0.5, 0.6) is 0 Å². The first kappa shape index (κ1) is 42.9. The van der Waals surface area contributed by atoms with Crippen molar-refractivity contribution in [3.05, 3.63) is 0 Å². The Balaban J connectivity index is 3.72. The molecule has 0 amide bonds. The minimum atomic E-state index is 0.121. The second-order valence-electron chi connectivity index (χ2n) is 15.0. The molecule has 0 aliphatic rings. The van der Waals surface area contributed by atoms with Gasteiger partial charge in [-0.1, -0.05) is 219 Å². The Bertz CT molecular complexity index is 468. The summed E-state index contributed by atoms with van der Waals surface area (Å²) in [6, 6.07) is 0. The molecule has 0 heterocycles. The molecule has 0 fully saturated rings. The average molecular weight is 608 g/mol. The number of hydrogen-bond acceptors (Lipinski definition) is 2. The van der Waals surface area contributed by atoms with Gasteiger partial charge in [0.05, 0.1) is 0 Å². The van der Waals surface area contributed by atoms with Gasteiger partial charge in [-0.05, 0) is 26.9 Å². The number of rotatable bonds is 37. The first-order valence-corrected chi connectivity index (χ1v) is 20.4. The quantitative estimate of drug-likeness (QED) is 0.0710. The zero-order valence-corrected chi connectivity index (χ0v) is 30.9. The van der Waals surface area contributed by atoms with Gasteiger partial charge in [0.1, 0.15) is 0 Å². The average Bonchev–Trinajstić information content (AvgIpc) is 3.00. The van der Waals surface area contributed by atoms with Crippen molar-refractivity contribution in [1.29, 1.82) is 0 Å². The molecule has 0 aromatic heterocycles. The number of unbranched alkanes of at least 4 members (excludes halogenated alkanes) is 30. The van der Waals surface area contributed by atoms with E-state index in [-0.39, 0.29) is 5.41 Å². The summed E-state index contributed by atoms with van der Waals surface area (Å²) in [6.45, 7) is 6.01. The van der Waals surface area contributed by atoms with E-state index in [0.29, 0.717) is 6.61 Å². The molecule has 0 aliphatic carbocycles. The molecule has 0 spiro atoms. The fraction of sp³-hybridized carbons (Fsp3) is 1.00. The molecule has 0 saturated heterocycles. The van der Waals surface area contributed by atoms with Crippen molar-refractivity contribution in [1.82, 2.24) is 4.90 Å². The second kappa shape index (κ2) is 34.8. The van der Waals surface area contributed by atoms with Crippen LogP contribution in [-0.2, 0) is 0 Å². The highest BCUT2D eigenvalue weighted by atomic mass is 16.3. The van der Waals surface area contributed by atoms with E-state index in [1.807, 2.05) is 0 Å². The molecular weight excluding hydrogens is 522 g/mol. The Labute approximate surface area is 274 Å². The number of aliphatic hydroxyl groups is 1. The molecular formula is C41H85NO. The van der Waals surface area contributed by atoms with Crippen LogP contribution in [0.3, 0.4) is 0 Å². The maximum atomic E-state index is 10.4. The van der Waals surface area contributed by atoms with Gasteiger partial charge < -0.3 is 10.0 Å². The first-order chi connectivity index (χ1) is 21.1. The van der Waals surface area contributed by atoms with Crippen molar-refractivity contribution in [3.8, 4) is 0 Å². The van der Waals surface area contributed by atoms with Gasteiger partial charge in [-0.25, -0.2) is 0 Å². The SMILES string of the molecule is CCCCCCCCCCCCCCCCCCC(CO)(CCCCCCCCCCCCCCCCCC)CN(C)C. The van der Waals surface area contributed by atoms with Gasteiger partial charge in [0.2, 0.25) is 0 Å². The van der Waals surface area contributed by atoms with Crippen LogP contribution in [0.1, 0.15) is 232 Å². The third-order valence-corrected chi connectivity index (χ3v) is 10.1. The van der Waals surface area contributed by atoms with E-state index in [1.54, 1.807) is 0 Å². The zero-order valence-electron chi connectivity index (χ0n) is 30.9. The maximum Gasteiger partial charge on any atom is 0.0499 e. The molecule has 0 rings (SSSR count). The maximum absolute atomic E-state index is 10.4. The van der Waals surface area contributed by atoms with Gasteiger partial charge in [0.15, 0.2) is 0 Å². The summed E-state index contributed by atoms with van der Waals surface area (Å²) in [5.74, 6) is 0. The van der Waals surface area contributed by atoms with Crippen LogP contribution in [0.25, 0.3) is 0 Å². The lowest BCUT2D eigenvalue weighted by molar-refractivity contribution is 0.0690. The van der Waals surface area contributed by atoms with E-state index in [1.165, 1.54) is 218 Å². The van der Waals surface area contributed by atoms with Crippen molar-refractivity contribution in [3.63, 3.8) is 0 Å². The summed E-state index contributed by atoms with van der Waals surface area (Å²) in [5.41, 5.74) is 0.121. The van der Waals surface area contributed by atoms with Crippen molar-refractivity contribution in [2.24, 2.45) is 5.41 Å². The summed E-state index contributed by atoms with van der Waals surface area (Å²) >= 11 is 0. The normalized spacial score (nSPS) is 12.1. The summed E-state index contributed by atoms with van der Waals surface area (Å²) in [6.07, 6.45) is 48.0. The fourth-order valence-corrected chi connectivity index (χ4v) is 7.26. The summed E-state index contributed by atoms with van der Waals surface area (Å²) in [4.78, 5) is 2.31. The van der Waals surface area contributed by atoms with E-state index >= 15 is 0 Å². The van der Waals surface area contributed by atoms with Crippen LogP contribution in [0.15, 0.2) is 0 Å². The smallest absolute Gasteiger partial charge is 0.0499 e. The molecule has 43 heavy (non-hydrogen) atoms. The topological polar surface area (TPSA) is 23.5 Å². The minimum Gasteiger partial charge on any atom is -0.396 e. The summed E-state index contributed by atoms with van der Waals surface area (Å²) < 4.78 is 0. The molecule has 2 nitrogen and oxygen atoms in total. The summed E-state index contributed by atoms with van der Waals surface area (Å²) in [5, 5.41) is 10.4. The molecule has 0 radical (unpaired) electrons. The highest BCUT2D eigenvalue weighted by Crippen LogP contribution is 2.32. The molecule has 0 aromatic rings. The molecule has 0 saturated carbocycles.